The lowest BCUT2D eigenvalue weighted by Gasteiger charge is -2.18. The lowest BCUT2D eigenvalue weighted by Crippen LogP contribution is -2.27. The largest absolute Gasteiger partial charge is 0.314 e. The van der Waals surface area contributed by atoms with Gasteiger partial charge >= 0.3 is 0 Å². The quantitative estimate of drug-likeness (QED) is 0.672. The average molecular weight is 256 g/mol. The van der Waals surface area contributed by atoms with Crippen LogP contribution in [0.5, 0.6) is 0 Å². The Kier molecular flexibility index (Phi) is 6.76. The second-order valence-corrected chi connectivity index (χ2v) is 6.67. The van der Waals surface area contributed by atoms with E-state index in [0.29, 0.717) is 0 Å². The summed E-state index contributed by atoms with van der Waals surface area (Å²) in [6.45, 7) is 5.27. The molecule has 1 saturated carbocycles. The first-order valence-corrected chi connectivity index (χ1v) is 8.64. The molecule has 2 nitrogen and oxygen atoms in total. The monoisotopic (exact) mass is 256 g/mol. The van der Waals surface area contributed by atoms with E-state index in [9.17, 15) is 0 Å². The van der Waals surface area contributed by atoms with E-state index in [1.54, 1.807) is 0 Å². The fourth-order valence-corrected chi connectivity index (χ4v) is 3.35. The van der Waals surface area contributed by atoms with Crippen molar-refractivity contribution >= 4 is 11.8 Å². The van der Waals surface area contributed by atoms with Crippen LogP contribution < -0.4 is 5.32 Å². The first kappa shape index (κ1) is 13.7. The summed E-state index contributed by atoms with van der Waals surface area (Å²) in [5.74, 6) is 2.73. The maximum atomic E-state index is 3.59. The lowest BCUT2D eigenvalue weighted by atomic mass is 10.2. The molecule has 0 radical (unpaired) electrons. The van der Waals surface area contributed by atoms with Gasteiger partial charge in [-0.1, -0.05) is 12.8 Å². The topological polar surface area (TPSA) is 15.3 Å². The molecule has 0 aromatic carbocycles. The predicted octanol–water partition coefficient (Wildman–Crippen LogP) is 2.74. The molecule has 2 rings (SSSR count). The summed E-state index contributed by atoms with van der Waals surface area (Å²) in [6.07, 6.45) is 9.88. The van der Waals surface area contributed by atoms with Gasteiger partial charge in [0.2, 0.25) is 0 Å². The zero-order valence-corrected chi connectivity index (χ0v) is 11.9. The van der Waals surface area contributed by atoms with Crippen molar-refractivity contribution in [3.8, 4) is 0 Å². The van der Waals surface area contributed by atoms with E-state index in [1.807, 2.05) is 0 Å². The average Bonchev–Trinajstić information content (AvgIpc) is 3.15. The smallest absolute Gasteiger partial charge is 0.00723 e. The summed E-state index contributed by atoms with van der Waals surface area (Å²) in [6, 6.07) is 0.893. The highest BCUT2D eigenvalue weighted by Gasteiger charge is 2.19. The number of hydrogen-bond donors (Lipinski definition) is 1. The third-order valence-corrected chi connectivity index (χ3v) is 4.77. The van der Waals surface area contributed by atoms with Crippen LogP contribution >= 0.6 is 11.8 Å². The Bertz CT molecular complexity index is 187. The molecule has 0 spiro atoms. The van der Waals surface area contributed by atoms with Crippen LogP contribution in [0.25, 0.3) is 0 Å². The van der Waals surface area contributed by atoms with Gasteiger partial charge in [0.05, 0.1) is 0 Å². The number of nitrogens with one attached hydrogen (secondary N) is 1. The van der Waals surface area contributed by atoms with Crippen LogP contribution in [0.3, 0.4) is 0 Å². The number of thioether (sulfide) groups is 1. The van der Waals surface area contributed by atoms with Gasteiger partial charge in [-0.3, -0.25) is 0 Å². The SMILES string of the molecule is C(CCCN1CCCSCC1)CCNC1CC1. The van der Waals surface area contributed by atoms with E-state index in [0.717, 1.165) is 6.04 Å². The third-order valence-electron chi connectivity index (χ3n) is 3.73. The molecule has 1 aliphatic carbocycles. The van der Waals surface area contributed by atoms with E-state index >= 15 is 0 Å². The van der Waals surface area contributed by atoms with Crippen LogP contribution in [0.1, 0.15) is 44.9 Å². The van der Waals surface area contributed by atoms with Crippen molar-refractivity contribution in [2.75, 3.05) is 37.7 Å². The van der Waals surface area contributed by atoms with Gasteiger partial charge in [0, 0.05) is 18.3 Å². The second kappa shape index (κ2) is 8.39. The van der Waals surface area contributed by atoms with Gasteiger partial charge in [0.1, 0.15) is 0 Å². The molecular formula is C14H28N2S. The van der Waals surface area contributed by atoms with Crippen LogP contribution in [0.4, 0.5) is 0 Å². The molecule has 2 fully saturated rings. The van der Waals surface area contributed by atoms with Gasteiger partial charge < -0.3 is 10.2 Å². The second-order valence-electron chi connectivity index (χ2n) is 5.45. The van der Waals surface area contributed by atoms with Gasteiger partial charge in [0.15, 0.2) is 0 Å². The molecular weight excluding hydrogens is 228 g/mol. The Morgan fingerprint density at radius 1 is 1.00 bits per heavy atom. The Morgan fingerprint density at radius 2 is 1.88 bits per heavy atom. The van der Waals surface area contributed by atoms with Gasteiger partial charge in [-0.2, -0.15) is 11.8 Å². The Morgan fingerprint density at radius 3 is 2.76 bits per heavy atom. The summed E-state index contributed by atoms with van der Waals surface area (Å²) < 4.78 is 0. The Labute approximate surface area is 111 Å². The van der Waals surface area contributed by atoms with Gasteiger partial charge in [-0.05, 0) is 57.5 Å². The fourth-order valence-electron chi connectivity index (χ4n) is 2.43. The molecule has 1 aliphatic heterocycles. The van der Waals surface area contributed by atoms with Crippen molar-refractivity contribution in [3.05, 3.63) is 0 Å². The van der Waals surface area contributed by atoms with Crippen molar-refractivity contribution in [1.82, 2.24) is 10.2 Å². The normalized spacial score (nSPS) is 22.6. The molecule has 1 saturated heterocycles. The van der Waals surface area contributed by atoms with Crippen LogP contribution in [0, 0.1) is 0 Å². The highest BCUT2D eigenvalue weighted by atomic mass is 32.2. The summed E-state index contributed by atoms with van der Waals surface area (Å²) in [5, 5.41) is 3.59. The molecule has 0 atom stereocenters. The lowest BCUT2D eigenvalue weighted by molar-refractivity contribution is 0.287. The summed E-state index contributed by atoms with van der Waals surface area (Å²) >= 11 is 2.13. The molecule has 100 valence electrons. The molecule has 0 aromatic heterocycles. The van der Waals surface area contributed by atoms with Crippen LogP contribution in [0.2, 0.25) is 0 Å². The van der Waals surface area contributed by atoms with Gasteiger partial charge in [-0.25, -0.2) is 0 Å². The molecule has 1 N–H and O–H groups in total. The van der Waals surface area contributed by atoms with Crippen molar-refractivity contribution in [3.63, 3.8) is 0 Å². The number of unbranched alkanes of at least 4 members (excludes halogenated alkanes) is 3. The molecule has 0 aromatic rings. The highest BCUT2D eigenvalue weighted by molar-refractivity contribution is 7.99. The standard InChI is InChI=1S/C14H28N2S/c1(3-8-15-14-6-7-14)2-4-9-16-10-5-12-17-13-11-16/h14-15H,1-13H2. The minimum absolute atomic E-state index is 0.893. The molecule has 2 aliphatic rings. The van der Waals surface area contributed by atoms with Crippen molar-refractivity contribution < 1.29 is 0 Å². The van der Waals surface area contributed by atoms with Crippen LogP contribution in [-0.4, -0.2) is 48.6 Å². The predicted molar refractivity (Wildman–Crippen MR) is 77.9 cm³/mol. The van der Waals surface area contributed by atoms with Gasteiger partial charge in [0.25, 0.3) is 0 Å². The zero-order valence-electron chi connectivity index (χ0n) is 11.1. The summed E-state index contributed by atoms with van der Waals surface area (Å²) in [5.41, 5.74) is 0. The van der Waals surface area contributed by atoms with Crippen molar-refractivity contribution in [2.45, 2.75) is 51.0 Å². The molecule has 0 amide bonds. The van der Waals surface area contributed by atoms with E-state index in [1.165, 1.54) is 82.6 Å². The van der Waals surface area contributed by atoms with E-state index < -0.39 is 0 Å². The summed E-state index contributed by atoms with van der Waals surface area (Å²) in [4.78, 5) is 2.67. The van der Waals surface area contributed by atoms with E-state index in [4.69, 9.17) is 0 Å². The first-order valence-electron chi connectivity index (χ1n) is 7.48. The van der Waals surface area contributed by atoms with Crippen molar-refractivity contribution in [2.24, 2.45) is 0 Å². The number of rotatable bonds is 8. The molecule has 1 heterocycles. The van der Waals surface area contributed by atoms with Gasteiger partial charge in [-0.15, -0.1) is 0 Å². The Hall–Kier alpha value is 0.270. The number of hydrogen-bond acceptors (Lipinski definition) is 3. The van der Waals surface area contributed by atoms with E-state index in [2.05, 4.69) is 22.0 Å². The minimum Gasteiger partial charge on any atom is -0.314 e. The highest BCUT2D eigenvalue weighted by Crippen LogP contribution is 2.18. The molecule has 17 heavy (non-hydrogen) atoms. The molecule has 0 bridgehead atoms. The number of nitrogens with zero attached hydrogens (tertiary/aromatic N) is 1. The maximum Gasteiger partial charge on any atom is 0.00723 e. The molecule has 0 unspecified atom stereocenters. The first-order chi connectivity index (χ1) is 8.45. The van der Waals surface area contributed by atoms with E-state index in [-0.39, 0.29) is 0 Å². The minimum atomic E-state index is 0.893. The third kappa shape index (κ3) is 6.68. The fraction of sp³-hybridized carbons (Fsp3) is 1.00. The maximum absolute atomic E-state index is 3.59. The van der Waals surface area contributed by atoms with Crippen molar-refractivity contribution in [1.29, 1.82) is 0 Å². The van der Waals surface area contributed by atoms with Crippen LogP contribution in [-0.2, 0) is 0 Å². The molecule has 3 heteroatoms. The Balaban J connectivity index is 1.36. The summed E-state index contributed by atoms with van der Waals surface area (Å²) in [7, 11) is 0. The zero-order chi connectivity index (χ0) is 11.8. The van der Waals surface area contributed by atoms with Crippen LogP contribution in [0.15, 0.2) is 0 Å².